The van der Waals surface area contributed by atoms with E-state index in [1.165, 1.54) is 56.9 Å². The summed E-state index contributed by atoms with van der Waals surface area (Å²) >= 11 is 0. The molecule has 0 saturated heterocycles. The zero-order valence-corrected chi connectivity index (χ0v) is 13.6. The minimum atomic E-state index is 0.331. The first-order valence-electron chi connectivity index (χ1n) is 9.21. The summed E-state index contributed by atoms with van der Waals surface area (Å²) in [5, 5.41) is 0. The van der Waals surface area contributed by atoms with E-state index in [2.05, 4.69) is 13.0 Å². The van der Waals surface area contributed by atoms with Crippen LogP contribution >= 0.6 is 0 Å². The van der Waals surface area contributed by atoms with E-state index in [0.717, 1.165) is 37.2 Å². The number of carbonyl (C=O) groups excluding carboxylic acids is 1. The Labute approximate surface area is 129 Å². The molecule has 0 aliphatic heterocycles. The van der Waals surface area contributed by atoms with Gasteiger partial charge in [0.25, 0.3) is 0 Å². The quantitative estimate of drug-likeness (QED) is 0.645. The summed E-state index contributed by atoms with van der Waals surface area (Å²) in [7, 11) is 0. The molecule has 21 heavy (non-hydrogen) atoms. The highest BCUT2D eigenvalue weighted by Crippen LogP contribution is 2.39. The fraction of sp³-hybridized carbons (Fsp3) is 0.750. The maximum Gasteiger partial charge on any atom is 0.165 e. The Morgan fingerprint density at radius 1 is 0.905 bits per heavy atom. The van der Waals surface area contributed by atoms with Crippen LogP contribution < -0.4 is 0 Å². The van der Waals surface area contributed by atoms with Gasteiger partial charge in [-0.2, -0.15) is 0 Å². The fourth-order valence-corrected chi connectivity index (χ4v) is 4.64. The lowest BCUT2D eigenvalue weighted by Gasteiger charge is -2.26. The normalized spacial score (nSPS) is 27.6. The number of carbonyl (C=O) groups is 1. The molecule has 0 N–H and O–H groups in total. The zero-order valence-electron chi connectivity index (χ0n) is 13.6. The second-order valence-electron chi connectivity index (χ2n) is 7.35. The lowest BCUT2D eigenvalue weighted by Crippen LogP contribution is -2.20. The molecule has 0 heterocycles. The van der Waals surface area contributed by atoms with Crippen LogP contribution in [0.15, 0.2) is 22.8 Å². The Kier molecular flexibility index (Phi) is 4.98. The van der Waals surface area contributed by atoms with E-state index >= 15 is 0 Å². The van der Waals surface area contributed by atoms with Crippen LogP contribution in [-0.2, 0) is 4.79 Å². The van der Waals surface area contributed by atoms with Gasteiger partial charge >= 0.3 is 0 Å². The van der Waals surface area contributed by atoms with E-state index in [4.69, 9.17) is 0 Å². The minimum Gasteiger partial charge on any atom is -0.294 e. The molecule has 0 aromatic heterocycles. The monoisotopic (exact) mass is 286 g/mol. The second-order valence-corrected chi connectivity index (χ2v) is 7.35. The molecule has 0 aromatic carbocycles. The predicted molar refractivity (Wildman–Crippen MR) is 88.2 cm³/mol. The topological polar surface area (TPSA) is 17.1 Å². The number of hydrogen-bond acceptors (Lipinski definition) is 1. The Bertz CT molecular complexity index is 442. The molecule has 0 aromatic rings. The molecular formula is C20H30O. The minimum absolute atomic E-state index is 0.331. The maximum absolute atomic E-state index is 12.9. The summed E-state index contributed by atoms with van der Waals surface area (Å²) in [6.45, 7) is 2.32. The first kappa shape index (κ1) is 15.1. The molecule has 0 spiro atoms. The lowest BCUT2D eigenvalue weighted by atomic mass is 9.78. The summed E-state index contributed by atoms with van der Waals surface area (Å²) in [6, 6.07) is 0. The van der Waals surface area contributed by atoms with Gasteiger partial charge in [0.1, 0.15) is 0 Å². The van der Waals surface area contributed by atoms with Gasteiger partial charge in [-0.3, -0.25) is 4.79 Å². The lowest BCUT2D eigenvalue weighted by molar-refractivity contribution is -0.119. The molecule has 0 bridgehead atoms. The van der Waals surface area contributed by atoms with Crippen LogP contribution in [0.3, 0.4) is 0 Å². The molecule has 2 fully saturated rings. The number of allylic oxidation sites excluding steroid dienone is 4. The van der Waals surface area contributed by atoms with Crippen LogP contribution in [-0.4, -0.2) is 5.78 Å². The zero-order chi connectivity index (χ0) is 14.7. The second kappa shape index (κ2) is 6.94. The third-order valence-corrected chi connectivity index (χ3v) is 6.00. The van der Waals surface area contributed by atoms with E-state index in [1.54, 1.807) is 5.57 Å². The van der Waals surface area contributed by atoms with Gasteiger partial charge in [0, 0.05) is 11.5 Å². The van der Waals surface area contributed by atoms with Crippen LogP contribution in [0.5, 0.6) is 0 Å². The van der Waals surface area contributed by atoms with E-state index in [9.17, 15) is 4.79 Å². The highest BCUT2D eigenvalue weighted by molar-refractivity contribution is 6.02. The smallest absolute Gasteiger partial charge is 0.165 e. The number of rotatable bonds is 3. The largest absolute Gasteiger partial charge is 0.294 e. The molecular weight excluding hydrogens is 256 g/mol. The molecule has 3 aliphatic carbocycles. The maximum atomic E-state index is 12.9. The van der Waals surface area contributed by atoms with Crippen LogP contribution in [0.2, 0.25) is 0 Å². The summed E-state index contributed by atoms with van der Waals surface area (Å²) in [5.41, 5.74) is 4.13. The molecule has 2 saturated carbocycles. The number of ketones is 1. The first-order chi connectivity index (χ1) is 10.3. The van der Waals surface area contributed by atoms with Crippen LogP contribution in [0.1, 0.15) is 84.0 Å². The fourth-order valence-electron chi connectivity index (χ4n) is 4.64. The molecule has 0 radical (unpaired) electrons. The van der Waals surface area contributed by atoms with Gasteiger partial charge in [-0.25, -0.2) is 0 Å². The van der Waals surface area contributed by atoms with E-state index in [-0.39, 0.29) is 0 Å². The summed E-state index contributed by atoms with van der Waals surface area (Å²) in [5.74, 6) is 1.57. The van der Waals surface area contributed by atoms with Gasteiger partial charge in [-0.05, 0) is 56.9 Å². The van der Waals surface area contributed by atoms with Crippen molar-refractivity contribution in [3.8, 4) is 0 Å². The highest BCUT2D eigenvalue weighted by atomic mass is 16.1. The average Bonchev–Trinajstić information content (AvgIpc) is 3.04. The number of hydrogen-bond donors (Lipinski definition) is 0. The molecule has 116 valence electrons. The summed E-state index contributed by atoms with van der Waals surface area (Å²) in [6.07, 6.45) is 17.4. The van der Waals surface area contributed by atoms with Crippen LogP contribution in [0.4, 0.5) is 0 Å². The Hall–Kier alpha value is -0.850. The van der Waals surface area contributed by atoms with Gasteiger partial charge in [0.2, 0.25) is 0 Å². The van der Waals surface area contributed by atoms with E-state index in [0.29, 0.717) is 11.7 Å². The van der Waals surface area contributed by atoms with Crippen molar-refractivity contribution in [2.75, 3.05) is 0 Å². The Morgan fingerprint density at radius 2 is 1.48 bits per heavy atom. The van der Waals surface area contributed by atoms with E-state index < -0.39 is 0 Å². The highest BCUT2D eigenvalue weighted by Gasteiger charge is 2.29. The van der Waals surface area contributed by atoms with Gasteiger partial charge in [-0.15, -0.1) is 0 Å². The first-order valence-corrected chi connectivity index (χ1v) is 9.21. The summed E-state index contributed by atoms with van der Waals surface area (Å²) in [4.78, 5) is 12.9. The van der Waals surface area contributed by atoms with Crippen LogP contribution in [0, 0.1) is 11.8 Å². The third-order valence-electron chi connectivity index (χ3n) is 6.00. The molecule has 1 heteroatoms. The van der Waals surface area contributed by atoms with Crippen molar-refractivity contribution in [1.29, 1.82) is 0 Å². The molecule has 0 amide bonds. The molecule has 0 unspecified atom stereocenters. The standard InChI is InChI=1S/C20H30O/c1-15(16-9-4-2-5-10-16)18-13-8-14-19(18)20(21)17-11-6-3-7-12-17/h14,16-17H,2-13H2,1H3/b18-15+. The Morgan fingerprint density at radius 3 is 2.10 bits per heavy atom. The van der Waals surface area contributed by atoms with Crippen molar-refractivity contribution >= 4 is 5.78 Å². The van der Waals surface area contributed by atoms with Crippen molar-refractivity contribution in [3.63, 3.8) is 0 Å². The van der Waals surface area contributed by atoms with Crippen LogP contribution in [0.25, 0.3) is 0 Å². The van der Waals surface area contributed by atoms with Gasteiger partial charge < -0.3 is 0 Å². The van der Waals surface area contributed by atoms with E-state index in [1.807, 2.05) is 0 Å². The molecule has 3 rings (SSSR count). The van der Waals surface area contributed by atoms with Gasteiger partial charge in [0.05, 0.1) is 0 Å². The summed E-state index contributed by atoms with van der Waals surface area (Å²) < 4.78 is 0. The van der Waals surface area contributed by atoms with Gasteiger partial charge in [-0.1, -0.05) is 50.2 Å². The predicted octanol–water partition coefficient (Wildman–Crippen LogP) is 5.75. The van der Waals surface area contributed by atoms with Crippen molar-refractivity contribution in [1.82, 2.24) is 0 Å². The van der Waals surface area contributed by atoms with Crippen molar-refractivity contribution in [3.05, 3.63) is 22.8 Å². The molecule has 3 aliphatic rings. The molecule has 1 nitrogen and oxygen atoms in total. The van der Waals surface area contributed by atoms with Crippen molar-refractivity contribution in [2.45, 2.75) is 84.0 Å². The average molecular weight is 286 g/mol. The molecule has 0 atom stereocenters. The third kappa shape index (κ3) is 3.33. The van der Waals surface area contributed by atoms with Crippen molar-refractivity contribution < 1.29 is 4.79 Å². The SMILES string of the molecule is C/C(=C1/CCC=C1C(=O)C1CCCCC1)C1CCCCC1. The Balaban J connectivity index is 1.75. The van der Waals surface area contributed by atoms with Crippen molar-refractivity contribution in [2.24, 2.45) is 11.8 Å². The van der Waals surface area contributed by atoms with Gasteiger partial charge in [0.15, 0.2) is 5.78 Å². The number of Topliss-reactive ketones (excluding diaryl/α,β-unsaturated/α-hetero) is 1.